The Bertz CT molecular complexity index is 746. The molecule has 0 aromatic heterocycles. The van der Waals surface area contributed by atoms with Gasteiger partial charge in [-0.1, -0.05) is 6.07 Å². The van der Waals surface area contributed by atoms with Crippen LogP contribution in [0.3, 0.4) is 0 Å². The lowest BCUT2D eigenvalue weighted by molar-refractivity contribution is -0.162. The van der Waals surface area contributed by atoms with E-state index in [0.717, 1.165) is 13.1 Å². The Hall–Kier alpha value is -1.47. The number of benzene rings is 1. The molecule has 0 heterocycles. The van der Waals surface area contributed by atoms with E-state index in [9.17, 15) is 39.6 Å². The number of nitrogens with zero attached hydrogens (tertiary/aromatic N) is 1. The molecular weight excluding hydrogens is 398 g/mol. The summed E-state index contributed by atoms with van der Waals surface area (Å²) in [6.45, 7) is -0.616. The first-order chi connectivity index (χ1) is 11.1. The Morgan fingerprint density at radius 1 is 1.12 bits per heavy atom. The van der Waals surface area contributed by atoms with Gasteiger partial charge in [-0.05, 0) is 28.5 Å². The van der Waals surface area contributed by atoms with E-state index in [1.54, 1.807) is 0 Å². The van der Waals surface area contributed by atoms with Gasteiger partial charge in [0.25, 0.3) is 9.06 Å². The summed E-state index contributed by atoms with van der Waals surface area (Å²) in [4.78, 5) is 10.6. The highest BCUT2D eigenvalue weighted by atomic mass is 33.1. The fraction of sp³-hybridized carbons (Fsp3) is 0.417. The SMILES string of the molecule is CN(Cc1ccc(C(F)(F)F)c(C(F)(F)F)c1)S(=O)(=O)SCC(N)=O. The van der Waals surface area contributed by atoms with E-state index in [2.05, 4.69) is 0 Å². The highest BCUT2D eigenvalue weighted by Gasteiger charge is 2.43. The smallest absolute Gasteiger partial charge is 0.369 e. The summed E-state index contributed by atoms with van der Waals surface area (Å²) in [6.07, 6.45) is -10.5. The van der Waals surface area contributed by atoms with E-state index in [1.165, 1.54) is 0 Å². The molecule has 0 unspecified atom stereocenters. The molecule has 2 N–H and O–H groups in total. The molecule has 1 amide bonds. The Morgan fingerprint density at radius 2 is 1.64 bits per heavy atom. The predicted octanol–water partition coefficient (Wildman–Crippen LogP) is 2.62. The van der Waals surface area contributed by atoms with E-state index < -0.39 is 50.7 Å². The lowest BCUT2D eigenvalue weighted by Gasteiger charge is -2.19. The molecule has 5 nitrogen and oxygen atoms in total. The number of primary amides is 1. The Morgan fingerprint density at radius 3 is 2.08 bits per heavy atom. The number of alkyl halides is 6. The van der Waals surface area contributed by atoms with Gasteiger partial charge in [-0.3, -0.25) is 4.79 Å². The zero-order chi connectivity index (χ0) is 19.6. The van der Waals surface area contributed by atoms with Gasteiger partial charge in [-0.15, -0.1) is 0 Å². The minimum Gasteiger partial charge on any atom is -0.369 e. The van der Waals surface area contributed by atoms with Crippen molar-refractivity contribution in [2.45, 2.75) is 18.9 Å². The number of carbonyl (C=O) groups is 1. The van der Waals surface area contributed by atoms with Crippen LogP contribution in [-0.4, -0.2) is 31.4 Å². The lowest BCUT2D eigenvalue weighted by Crippen LogP contribution is -2.26. The van der Waals surface area contributed by atoms with Crippen LogP contribution < -0.4 is 5.73 Å². The van der Waals surface area contributed by atoms with Gasteiger partial charge in [0.1, 0.15) is 0 Å². The van der Waals surface area contributed by atoms with E-state index in [4.69, 9.17) is 5.73 Å². The second kappa shape index (κ2) is 7.41. The van der Waals surface area contributed by atoms with E-state index in [1.807, 2.05) is 0 Å². The molecule has 0 bridgehead atoms. The van der Waals surface area contributed by atoms with Crippen molar-refractivity contribution in [1.82, 2.24) is 4.31 Å². The molecule has 25 heavy (non-hydrogen) atoms. The van der Waals surface area contributed by atoms with Crippen molar-refractivity contribution in [3.05, 3.63) is 34.9 Å². The molecule has 0 aliphatic heterocycles. The third kappa shape index (κ3) is 6.08. The van der Waals surface area contributed by atoms with Crippen molar-refractivity contribution in [3.63, 3.8) is 0 Å². The molecule has 142 valence electrons. The third-order valence-electron chi connectivity index (χ3n) is 2.83. The fourth-order valence-electron chi connectivity index (χ4n) is 1.73. The van der Waals surface area contributed by atoms with Crippen LogP contribution in [0, 0.1) is 0 Å². The van der Waals surface area contributed by atoms with Crippen molar-refractivity contribution in [3.8, 4) is 0 Å². The zero-order valence-electron chi connectivity index (χ0n) is 12.5. The van der Waals surface area contributed by atoms with Crippen LogP contribution in [0.25, 0.3) is 0 Å². The molecule has 0 atom stereocenters. The molecule has 13 heteroatoms. The van der Waals surface area contributed by atoms with Crippen LogP contribution in [0.2, 0.25) is 0 Å². The summed E-state index contributed by atoms with van der Waals surface area (Å²) in [6, 6.07) is 1.24. The number of halogens is 6. The minimum atomic E-state index is -5.26. The molecule has 0 spiro atoms. The number of hydrogen-bond acceptors (Lipinski definition) is 4. The minimum absolute atomic E-state index is 0.153. The molecule has 0 aliphatic rings. The maximum Gasteiger partial charge on any atom is 0.417 e. The van der Waals surface area contributed by atoms with Crippen LogP contribution in [0.5, 0.6) is 0 Å². The highest BCUT2D eigenvalue weighted by Crippen LogP contribution is 2.40. The second-order valence-electron chi connectivity index (χ2n) is 4.82. The van der Waals surface area contributed by atoms with Crippen LogP contribution in [-0.2, 0) is 32.7 Å². The summed E-state index contributed by atoms with van der Waals surface area (Å²) in [7, 11) is -2.93. The molecule has 1 aromatic rings. The Labute approximate surface area is 142 Å². The average molecular weight is 410 g/mol. The summed E-state index contributed by atoms with van der Waals surface area (Å²) in [5.74, 6) is -1.50. The number of rotatable bonds is 6. The number of hydrogen-bond donors (Lipinski definition) is 1. The van der Waals surface area contributed by atoms with Crippen molar-refractivity contribution in [2.24, 2.45) is 5.73 Å². The second-order valence-corrected chi connectivity index (χ2v) is 8.79. The molecular formula is C12H12F6N2O3S2. The highest BCUT2D eigenvalue weighted by molar-refractivity contribution is 8.71. The van der Waals surface area contributed by atoms with E-state index in [0.29, 0.717) is 4.31 Å². The van der Waals surface area contributed by atoms with Crippen molar-refractivity contribution in [2.75, 3.05) is 12.8 Å². The lowest BCUT2D eigenvalue weighted by atomic mass is 10.0. The molecule has 0 aliphatic carbocycles. The van der Waals surface area contributed by atoms with Gasteiger partial charge in [0.15, 0.2) is 0 Å². The summed E-state index contributed by atoms with van der Waals surface area (Å²) < 4.78 is 101. The van der Waals surface area contributed by atoms with Gasteiger partial charge < -0.3 is 5.73 Å². The normalized spacial score (nSPS) is 13.3. The number of carbonyl (C=O) groups excluding carboxylic acids is 1. The van der Waals surface area contributed by atoms with Gasteiger partial charge in [0.05, 0.1) is 16.9 Å². The van der Waals surface area contributed by atoms with E-state index in [-0.39, 0.29) is 28.5 Å². The van der Waals surface area contributed by atoms with Gasteiger partial charge in [0, 0.05) is 13.6 Å². The maximum absolute atomic E-state index is 12.9. The summed E-state index contributed by atoms with van der Waals surface area (Å²) in [5, 5.41) is 0. The largest absolute Gasteiger partial charge is 0.417 e. The van der Waals surface area contributed by atoms with Gasteiger partial charge in [0.2, 0.25) is 5.91 Å². The van der Waals surface area contributed by atoms with E-state index >= 15 is 0 Å². The number of nitrogens with two attached hydrogens (primary N) is 1. The van der Waals surface area contributed by atoms with Crippen molar-refractivity contribution < 1.29 is 39.6 Å². The fourth-order valence-corrected chi connectivity index (χ4v) is 3.98. The van der Waals surface area contributed by atoms with Gasteiger partial charge in [-0.2, -0.15) is 30.6 Å². The third-order valence-corrected chi connectivity index (χ3v) is 6.44. The van der Waals surface area contributed by atoms with Gasteiger partial charge in [-0.25, -0.2) is 8.42 Å². The van der Waals surface area contributed by atoms with Crippen molar-refractivity contribution >= 4 is 25.8 Å². The van der Waals surface area contributed by atoms with Gasteiger partial charge >= 0.3 is 12.4 Å². The molecule has 0 fully saturated rings. The predicted molar refractivity (Wildman–Crippen MR) is 78.5 cm³/mol. The van der Waals surface area contributed by atoms with Crippen LogP contribution in [0.15, 0.2) is 18.2 Å². The summed E-state index contributed by atoms with van der Waals surface area (Å²) in [5.41, 5.74) is 0.731. The standard InChI is InChI=1S/C12H12F6N2O3S2/c1-20(25(22,23)24-6-10(19)21)5-7-2-3-8(11(13,14)15)9(4-7)12(16,17)18/h2-4H,5-6H2,1H3,(H2,19,21). The molecule has 1 rings (SSSR count). The monoisotopic (exact) mass is 410 g/mol. The molecule has 0 saturated heterocycles. The zero-order valence-corrected chi connectivity index (χ0v) is 14.1. The quantitative estimate of drug-likeness (QED) is 0.578. The molecule has 0 radical (unpaired) electrons. The van der Waals surface area contributed by atoms with Crippen LogP contribution >= 0.6 is 10.8 Å². The first kappa shape index (κ1) is 21.6. The first-order valence-electron chi connectivity index (χ1n) is 6.31. The number of amides is 1. The average Bonchev–Trinajstić information content (AvgIpc) is 2.43. The molecule has 1 aromatic carbocycles. The first-order valence-corrected chi connectivity index (χ1v) is 9.25. The molecule has 0 saturated carbocycles. The maximum atomic E-state index is 12.9. The topological polar surface area (TPSA) is 80.5 Å². The van der Waals surface area contributed by atoms with Crippen LogP contribution in [0.1, 0.15) is 16.7 Å². The Kier molecular flexibility index (Phi) is 6.40. The summed E-state index contributed by atoms with van der Waals surface area (Å²) >= 11 is 0. The van der Waals surface area contributed by atoms with Crippen molar-refractivity contribution in [1.29, 1.82) is 0 Å². The van der Waals surface area contributed by atoms with Crippen LogP contribution in [0.4, 0.5) is 26.3 Å². The Balaban J connectivity index is 3.14.